The molecule has 2 unspecified atom stereocenters. The van der Waals surface area contributed by atoms with E-state index in [2.05, 4.69) is 12.2 Å². The van der Waals surface area contributed by atoms with Crippen molar-refractivity contribution in [3.63, 3.8) is 0 Å². The van der Waals surface area contributed by atoms with Crippen molar-refractivity contribution in [1.82, 2.24) is 5.32 Å². The smallest absolute Gasteiger partial charge is 0.461 e. The molecule has 0 amide bonds. The number of likely N-dealkylation sites (N-methyl/N-ethyl adjacent to an activating group) is 1. The van der Waals surface area contributed by atoms with Gasteiger partial charge in [-0.1, -0.05) is 211 Å². The number of rotatable bonds is 46. The number of phosphoric ester groups is 1. The number of hydrogen-bond donors (Lipinski definition) is 2. The number of carbonyl (C=O) groups is 1. The molecule has 0 aliphatic heterocycles. The molecule has 0 fully saturated rings. The summed E-state index contributed by atoms with van der Waals surface area (Å²) in [5.41, 5.74) is 1.04. The Morgan fingerprint density at radius 2 is 1.08 bits per heavy atom. The molecule has 0 aromatic heterocycles. The minimum absolute atomic E-state index is 0.0869. The van der Waals surface area contributed by atoms with Crippen molar-refractivity contribution < 1.29 is 37.3 Å². The topological polar surface area (TPSA) is 103 Å². The fourth-order valence-electron chi connectivity index (χ4n) is 7.46. The minimum atomic E-state index is -4.18. The summed E-state index contributed by atoms with van der Waals surface area (Å²) in [4.78, 5) is 22.4. The van der Waals surface area contributed by atoms with E-state index in [-0.39, 0.29) is 19.2 Å². The number of ether oxygens (including phenoxy) is 2. The summed E-state index contributed by atoms with van der Waals surface area (Å²) in [5.74, 6) is -0.0869. The minimum Gasteiger partial charge on any atom is -0.461 e. The van der Waals surface area contributed by atoms with Crippen LogP contribution >= 0.6 is 7.82 Å². The van der Waals surface area contributed by atoms with Gasteiger partial charge in [0.25, 0.3) is 0 Å². The second-order valence-electron chi connectivity index (χ2n) is 18.5. The summed E-state index contributed by atoms with van der Waals surface area (Å²) in [6.45, 7) is 5.68. The second kappa shape index (κ2) is 40.5. The first kappa shape index (κ1) is 56.7. The van der Waals surface area contributed by atoms with Gasteiger partial charge in [-0.2, -0.15) is 0 Å². The van der Waals surface area contributed by atoms with Gasteiger partial charge in [0, 0.05) is 19.6 Å². The van der Waals surface area contributed by atoms with E-state index in [1.165, 1.54) is 161 Å². The van der Waals surface area contributed by atoms with Gasteiger partial charge in [0.2, 0.25) is 0 Å². The molecule has 0 saturated heterocycles. The molecule has 0 saturated carbocycles. The molecule has 352 valence electrons. The van der Waals surface area contributed by atoms with Crippen LogP contribution in [0.5, 0.6) is 0 Å². The van der Waals surface area contributed by atoms with Gasteiger partial charge in [-0.25, -0.2) is 4.57 Å². The van der Waals surface area contributed by atoms with Crippen LogP contribution in [-0.4, -0.2) is 82.0 Å². The summed E-state index contributed by atoms with van der Waals surface area (Å²) in [6, 6.07) is 9.86. The predicted molar refractivity (Wildman–Crippen MR) is 252 cm³/mol. The van der Waals surface area contributed by atoms with E-state index in [0.29, 0.717) is 37.2 Å². The van der Waals surface area contributed by atoms with Gasteiger partial charge < -0.3 is 24.2 Å². The van der Waals surface area contributed by atoms with Crippen LogP contribution in [-0.2, 0) is 34.5 Å². The number of benzene rings is 1. The quantitative estimate of drug-likeness (QED) is 0.0289. The Labute approximate surface area is 370 Å². The predicted octanol–water partition coefficient (Wildman–Crippen LogP) is 13.7. The Morgan fingerprint density at radius 3 is 1.57 bits per heavy atom. The van der Waals surface area contributed by atoms with E-state index >= 15 is 0 Å². The third-order valence-electron chi connectivity index (χ3n) is 11.3. The molecule has 10 heteroatoms. The number of nitrogens with zero attached hydrogens (tertiary/aromatic N) is 1. The molecule has 9 nitrogen and oxygen atoms in total. The van der Waals surface area contributed by atoms with Crippen molar-refractivity contribution >= 4 is 13.8 Å². The average Bonchev–Trinajstić information content (AvgIpc) is 3.21. The Bertz CT molecular complexity index is 1120. The lowest BCUT2D eigenvalue weighted by Gasteiger charge is -2.25. The molecule has 0 heterocycles. The monoisotopic (exact) mass is 868 g/mol. The number of esters is 1. The van der Waals surface area contributed by atoms with Gasteiger partial charge in [-0.05, 0) is 31.4 Å². The van der Waals surface area contributed by atoms with Crippen molar-refractivity contribution in [3.8, 4) is 0 Å². The van der Waals surface area contributed by atoms with Crippen molar-refractivity contribution in [2.45, 2.75) is 219 Å². The lowest BCUT2D eigenvalue weighted by Crippen LogP contribution is -2.37. The summed E-state index contributed by atoms with van der Waals surface area (Å²) < 4.78 is 35.7. The van der Waals surface area contributed by atoms with E-state index in [4.69, 9.17) is 18.5 Å². The first-order valence-electron chi connectivity index (χ1n) is 25.1. The molecular formula is C50H96N2O7P+. The highest BCUT2D eigenvalue weighted by atomic mass is 31.2. The van der Waals surface area contributed by atoms with Gasteiger partial charge in [0.1, 0.15) is 25.9 Å². The number of unbranched alkanes of at least 4 members (excludes halogenated alkanes) is 28. The maximum Gasteiger partial charge on any atom is 0.472 e. The lowest BCUT2D eigenvalue weighted by atomic mass is 10.0. The number of quaternary nitrogens is 1. The summed E-state index contributed by atoms with van der Waals surface area (Å²) in [5, 5.41) is 3.44. The highest BCUT2D eigenvalue weighted by Crippen LogP contribution is 2.44. The molecule has 1 aromatic rings. The molecule has 60 heavy (non-hydrogen) atoms. The second-order valence-corrected chi connectivity index (χ2v) is 19.9. The first-order valence-corrected chi connectivity index (χ1v) is 26.5. The standard InChI is InChI=1S/C50H95N2O7P/c1-5-6-7-8-9-10-11-12-13-16-19-22-25-28-31-37-43-56-47-49(59-60(54,55)58-44-42-52(2,3)4)45-51-41-36-30-27-24-21-18-15-14-17-20-23-26-29-35-40-50(53)57-46-48-38-33-32-34-39-48/h32-34,38-39,49,51H,5-31,35-37,40-47H2,1-4H3/p+1. The lowest BCUT2D eigenvalue weighted by molar-refractivity contribution is -0.870. The zero-order valence-electron chi connectivity index (χ0n) is 39.6. The van der Waals surface area contributed by atoms with Gasteiger partial charge in [0.15, 0.2) is 0 Å². The molecule has 0 spiro atoms. The first-order chi connectivity index (χ1) is 29.1. The van der Waals surface area contributed by atoms with E-state index in [1.807, 2.05) is 51.5 Å². The normalized spacial score (nSPS) is 13.4. The van der Waals surface area contributed by atoms with Crippen LogP contribution < -0.4 is 5.32 Å². The zero-order chi connectivity index (χ0) is 43.7. The summed E-state index contributed by atoms with van der Waals surface area (Å²) >= 11 is 0. The molecule has 0 radical (unpaired) electrons. The van der Waals surface area contributed by atoms with Crippen molar-refractivity contribution in [1.29, 1.82) is 0 Å². The van der Waals surface area contributed by atoms with Crippen molar-refractivity contribution in [3.05, 3.63) is 35.9 Å². The molecule has 0 bridgehead atoms. The van der Waals surface area contributed by atoms with Crippen LogP contribution in [0, 0.1) is 0 Å². The van der Waals surface area contributed by atoms with E-state index < -0.39 is 13.9 Å². The Kier molecular flexibility index (Phi) is 38.2. The van der Waals surface area contributed by atoms with Gasteiger partial charge >= 0.3 is 13.8 Å². The van der Waals surface area contributed by atoms with E-state index in [9.17, 15) is 14.3 Å². The zero-order valence-corrected chi connectivity index (χ0v) is 40.5. The molecule has 1 aromatic carbocycles. The van der Waals surface area contributed by atoms with Crippen LogP contribution in [0.3, 0.4) is 0 Å². The van der Waals surface area contributed by atoms with Crippen molar-refractivity contribution in [2.24, 2.45) is 0 Å². The van der Waals surface area contributed by atoms with Crippen LogP contribution in [0.15, 0.2) is 30.3 Å². The average molecular weight is 868 g/mol. The number of phosphoric acid groups is 1. The Balaban J connectivity index is 2.05. The van der Waals surface area contributed by atoms with Gasteiger partial charge in [-0.3, -0.25) is 13.8 Å². The van der Waals surface area contributed by atoms with Crippen LogP contribution in [0.1, 0.15) is 212 Å². The molecule has 1 rings (SSSR count). The van der Waals surface area contributed by atoms with Crippen molar-refractivity contribution in [2.75, 3.05) is 60.6 Å². The van der Waals surface area contributed by atoms with Gasteiger partial charge in [0.05, 0.1) is 27.7 Å². The third-order valence-corrected chi connectivity index (χ3v) is 12.4. The number of hydrogen-bond acceptors (Lipinski definition) is 7. The van der Waals surface area contributed by atoms with Gasteiger partial charge in [-0.15, -0.1) is 0 Å². The number of carbonyl (C=O) groups excluding carboxylic acids is 1. The highest BCUT2D eigenvalue weighted by molar-refractivity contribution is 7.47. The SMILES string of the molecule is CCCCCCCCCCCCCCCCCCOCC(CNCCCCCCCCCCCCCCCCC(=O)OCc1ccccc1)OP(=O)(O)OCC[N+](C)(C)C. The molecule has 0 aliphatic rings. The maximum absolute atomic E-state index is 12.8. The molecular weight excluding hydrogens is 772 g/mol. The van der Waals surface area contributed by atoms with Crippen LogP contribution in [0.4, 0.5) is 0 Å². The summed E-state index contributed by atoms with van der Waals surface area (Å²) in [6.07, 6.45) is 38.6. The largest absolute Gasteiger partial charge is 0.472 e. The molecule has 0 aliphatic carbocycles. The maximum atomic E-state index is 12.8. The Morgan fingerprint density at radius 1 is 0.633 bits per heavy atom. The third kappa shape index (κ3) is 40.7. The van der Waals surface area contributed by atoms with E-state index in [0.717, 1.165) is 44.2 Å². The van der Waals surface area contributed by atoms with Crippen LogP contribution in [0.25, 0.3) is 0 Å². The Hall–Kier alpha value is -1.32. The summed E-state index contributed by atoms with van der Waals surface area (Å²) in [7, 11) is 1.90. The number of nitrogens with one attached hydrogen (secondary N) is 1. The fourth-order valence-corrected chi connectivity index (χ4v) is 8.34. The van der Waals surface area contributed by atoms with Crippen LogP contribution in [0.2, 0.25) is 0 Å². The van der Waals surface area contributed by atoms with E-state index in [1.54, 1.807) is 0 Å². The fraction of sp³-hybridized carbons (Fsp3) is 0.860. The molecule has 2 atom stereocenters. The highest BCUT2D eigenvalue weighted by Gasteiger charge is 2.27. The molecule has 2 N–H and O–H groups in total.